The van der Waals surface area contributed by atoms with E-state index in [-0.39, 0.29) is 29.3 Å². The third-order valence-corrected chi connectivity index (χ3v) is 7.06. The molecule has 3 amide bonds. The molecule has 0 aliphatic carbocycles. The maximum atomic E-state index is 14.1. The summed E-state index contributed by atoms with van der Waals surface area (Å²) in [5.41, 5.74) is 13.3. The average Bonchev–Trinajstić information content (AvgIpc) is 3.37. The van der Waals surface area contributed by atoms with Crippen LogP contribution >= 0.6 is 11.5 Å². The molecule has 10 nitrogen and oxygen atoms in total. The van der Waals surface area contributed by atoms with Crippen molar-refractivity contribution < 1.29 is 23.9 Å². The van der Waals surface area contributed by atoms with Crippen LogP contribution in [0.2, 0.25) is 0 Å². The second kappa shape index (κ2) is 12.8. The van der Waals surface area contributed by atoms with Crippen LogP contribution in [0.3, 0.4) is 0 Å². The van der Waals surface area contributed by atoms with Gasteiger partial charge in [-0.05, 0) is 40.4 Å². The molecule has 40 heavy (non-hydrogen) atoms. The van der Waals surface area contributed by atoms with Gasteiger partial charge in [0.25, 0.3) is 11.8 Å². The van der Waals surface area contributed by atoms with Crippen LogP contribution in [0.1, 0.15) is 42.9 Å². The van der Waals surface area contributed by atoms with Gasteiger partial charge in [-0.1, -0.05) is 66.7 Å². The van der Waals surface area contributed by atoms with E-state index in [1.165, 1.54) is 19.1 Å². The normalized spacial score (nSPS) is 11.3. The Bertz CT molecular complexity index is 1490. The van der Waals surface area contributed by atoms with Crippen LogP contribution in [0.5, 0.6) is 11.5 Å². The van der Waals surface area contributed by atoms with E-state index in [9.17, 15) is 14.4 Å². The number of nitrogen functional groups attached to an aromatic ring is 1. The number of aromatic nitrogens is 1. The molecule has 0 bridgehead atoms. The second-order valence-electron chi connectivity index (χ2n) is 8.78. The summed E-state index contributed by atoms with van der Waals surface area (Å²) in [5.74, 6) is -1.01. The number of benzene rings is 3. The number of rotatable bonds is 11. The van der Waals surface area contributed by atoms with Gasteiger partial charge in [0.15, 0.2) is 17.2 Å². The molecule has 3 aromatic carbocycles. The topological polar surface area (TPSA) is 150 Å². The molecule has 0 saturated heterocycles. The summed E-state index contributed by atoms with van der Waals surface area (Å²) in [6.45, 7) is 0.298. The zero-order chi connectivity index (χ0) is 28.6. The minimum absolute atomic E-state index is 0.00562. The number of nitrogens with two attached hydrogens (primary N) is 2. The van der Waals surface area contributed by atoms with Gasteiger partial charge in [0, 0.05) is 13.1 Å². The minimum Gasteiger partial charge on any atom is -0.493 e. The maximum Gasteiger partial charge on any atom is 0.270 e. The van der Waals surface area contributed by atoms with Crippen LogP contribution in [-0.2, 0) is 17.9 Å². The quantitative estimate of drug-likeness (QED) is 0.254. The highest BCUT2D eigenvalue weighted by molar-refractivity contribution is 7.09. The molecule has 1 aromatic heterocycles. The number of amides is 3. The number of primary amides is 1. The van der Waals surface area contributed by atoms with E-state index in [1.807, 2.05) is 60.7 Å². The van der Waals surface area contributed by atoms with Crippen LogP contribution in [0.4, 0.5) is 5.69 Å². The highest BCUT2D eigenvalue weighted by Crippen LogP contribution is 2.35. The molecule has 1 heterocycles. The zero-order valence-corrected chi connectivity index (χ0v) is 22.8. The summed E-state index contributed by atoms with van der Waals surface area (Å²) in [5, 5.41) is 2.95. The van der Waals surface area contributed by atoms with Crippen molar-refractivity contribution in [2.75, 3.05) is 20.0 Å². The van der Waals surface area contributed by atoms with Gasteiger partial charge in [-0.15, -0.1) is 0 Å². The van der Waals surface area contributed by atoms with Crippen molar-refractivity contribution >= 4 is 34.9 Å². The predicted octanol–water partition coefficient (Wildman–Crippen LogP) is 3.54. The van der Waals surface area contributed by atoms with Crippen molar-refractivity contribution in [3.63, 3.8) is 0 Å². The number of carbonyl (C=O) groups excluding carboxylic acids is 3. The Hall–Kier alpha value is -4.90. The van der Waals surface area contributed by atoms with Gasteiger partial charge in [0.05, 0.1) is 19.9 Å². The van der Waals surface area contributed by atoms with E-state index in [0.29, 0.717) is 17.1 Å². The zero-order valence-electron chi connectivity index (χ0n) is 22.0. The molecule has 1 atom stereocenters. The molecule has 0 aliphatic heterocycles. The van der Waals surface area contributed by atoms with Crippen LogP contribution in [-0.4, -0.2) is 41.2 Å². The van der Waals surface area contributed by atoms with Crippen LogP contribution < -0.4 is 26.3 Å². The monoisotopic (exact) mass is 559 g/mol. The molecule has 1 unspecified atom stereocenters. The lowest BCUT2D eigenvalue weighted by Crippen LogP contribution is -2.43. The molecular formula is C29H29N5O5S. The fraction of sp³-hybridized carbons (Fsp3) is 0.172. The Balaban J connectivity index is 1.82. The number of ether oxygens (including phenoxy) is 2. The van der Waals surface area contributed by atoms with Crippen LogP contribution in [0, 0.1) is 0 Å². The number of nitrogens with zero attached hydrogens (tertiary/aromatic N) is 2. The SMILES string of the molecule is COc1ccc(C(C(=O)NCc2ccccc2)N(Cc2ccccc2)C(=O)c2snc(C(N)=O)c2N)cc1OC. The summed E-state index contributed by atoms with van der Waals surface area (Å²) < 4.78 is 14.9. The number of hydrogen-bond acceptors (Lipinski definition) is 8. The lowest BCUT2D eigenvalue weighted by atomic mass is 10.0. The summed E-state index contributed by atoms with van der Waals surface area (Å²) >= 11 is 0.756. The van der Waals surface area contributed by atoms with Gasteiger partial charge in [-0.2, -0.15) is 4.37 Å². The molecule has 5 N–H and O–H groups in total. The van der Waals surface area contributed by atoms with Crippen molar-refractivity contribution in [2.45, 2.75) is 19.1 Å². The Kier molecular flexibility index (Phi) is 8.97. The Morgan fingerprint density at radius 2 is 1.55 bits per heavy atom. The first-order valence-corrected chi connectivity index (χ1v) is 13.0. The number of nitrogens with one attached hydrogen (secondary N) is 1. The molecule has 11 heteroatoms. The van der Waals surface area contributed by atoms with Crippen molar-refractivity contribution in [3.8, 4) is 11.5 Å². The molecule has 0 radical (unpaired) electrons. The minimum atomic E-state index is -1.12. The summed E-state index contributed by atoms with van der Waals surface area (Å²) in [4.78, 5) is 41.3. The molecular weight excluding hydrogens is 530 g/mol. The van der Waals surface area contributed by atoms with Gasteiger partial charge >= 0.3 is 0 Å². The number of anilines is 1. The van der Waals surface area contributed by atoms with Crippen LogP contribution in [0.15, 0.2) is 78.9 Å². The van der Waals surface area contributed by atoms with E-state index >= 15 is 0 Å². The molecule has 0 spiro atoms. The third kappa shape index (κ3) is 6.21. The number of carbonyl (C=O) groups is 3. The largest absolute Gasteiger partial charge is 0.493 e. The second-order valence-corrected chi connectivity index (χ2v) is 9.55. The Morgan fingerprint density at radius 1 is 0.925 bits per heavy atom. The van der Waals surface area contributed by atoms with E-state index in [2.05, 4.69) is 9.69 Å². The first-order chi connectivity index (χ1) is 19.3. The fourth-order valence-corrected chi connectivity index (χ4v) is 4.96. The summed E-state index contributed by atoms with van der Waals surface area (Å²) in [6.07, 6.45) is 0. The average molecular weight is 560 g/mol. The van der Waals surface area contributed by atoms with Crippen molar-refractivity contribution in [2.24, 2.45) is 5.73 Å². The lowest BCUT2D eigenvalue weighted by Gasteiger charge is -2.31. The molecule has 4 aromatic rings. The first kappa shape index (κ1) is 28.1. The Morgan fingerprint density at radius 3 is 2.12 bits per heavy atom. The molecule has 0 aliphatic rings. The highest BCUT2D eigenvalue weighted by Gasteiger charge is 2.35. The van der Waals surface area contributed by atoms with Crippen molar-refractivity contribution in [1.82, 2.24) is 14.6 Å². The van der Waals surface area contributed by atoms with E-state index in [4.69, 9.17) is 20.9 Å². The van der Waals surface area contributed by atoms with Gasteiger partial charge in [-0.25, -0.2) is 0 Å². The standard InChI is InChI=1S/C29H29N5O5S/c1-38-21-14-13-20(15-22(21)39-2)25(28(36)32-16-18-9-5-3-6-10-18)34(17-19-11-7-4-8-12-19)29(37)26-23(30)24(27(31)35)33-40-26/h3-15,25H,16-17,30H2,1-2H3,(H2,31,35)(H,32,36). The molecule has 0 fully saturated rings. The van der Waals surface area contributed by atoms with E-state index < -0.39 is 23.8 Å². The molecule has 0 saturated carbocycles. The van der Waals surface area contributed by atoms with Gasteiger partial charge < -0.3 is 31.2 Å². The lowest BCUT2D eigenvalue weighted by molar-refractivity contribution is -0.126. The first-order valence-electron chi connectivity index (χ1n) is 12.3. The van der Waals surface area contributed by atoms with Crippen molar-refractivity contribution in [3.05, 3.63) is 106 Å². The summed E-state index contributed by atoms with van der Waals surface area (Å²) in [7, 11) is 3.00. The van der Waals surface area contributed by atoms with Gasteiger partial charge in [0.2, 0.25) is 5.91 Å². The molecule has 206 valence electrons. The van der Waals surface area contributed by atoms with E-state index in [1.54, 1.807) is 18.2 Å². The van der Waals surface area contributed by atoms with Crippen molar-refractivity contribution in [1.29, 1.82) is 0 Å². The van der Waals surface area contributed by atoms with Gasteiger partial charge in [0.1, 0.15) is 10.9 Å². The van der Waals surface area contributed by atoms with Crippen LogP contribution in [0.25, 0.3) is 0 Å². The maximum absolute atomic E-state index is 14.1. The number of methoxy groups -OCH3 is 2. The molecule has 4 rings (SSSR count). The third-order valence-electron chi connectivity index (χ3n) is 6.21. The Labute approximate surface area is 235 Å². The number of hydrogen-bond donors (Lipinski definition) is 3. The summed E-state index contributed by atoms with van der Waals surface area (Å²) in [6, 6.07) is 22.6. The predicted molar refractivity (Wildman–Crippen MR) is 152 cm³/mol. The fourth-order valence-electron chi connectivity index (χ4n) is 4.20. The van der Waals surface area contributed by atoms with Gasteiger partial charge in [-0.3, -0.25) is 14.4 Å². The highest BCUT2D eigenvalue weighted by atomic mass is 32.1. The smallest absolute Gasteiger partial charge is 0.270 e. The van der Waals surface area contributed by atoms with E-state index in [0.717, 1.165) is 22.7 Å².